The number of hydrogen-bond donors (Lipinski definition) is 1. The first kappa shape index (κ1) is 19.7. The van der Waals surface area contributed by atoms with Crippen LogP contribution in [0.25, 0.3) is 0 Å². The number of likely N-dealkylation sites (tertiary alicyclic amines) is 1. The number of rotatable bonds is 4. The standard InChI is InChI=1S/C22H32N2O4/c1-27-19-8-3-2-6-17(19)21-18-7-4-5-9-22(18,26)10-11-24(21)16-20(25)23-12-14-28-15-13-23/h2-3,6,8,18,21,26H,4-5,7,9-16H2,1H3/t18-,21+,22-/m0/s1. The molecule has 3 fully saturated rings. The molecule has 1 aromatic carbocycles. The number of para-hydroxylation sites is 1. The Kier molecular flexibility index (Phi) is 5.90. The van der Waals surface area contributed by atoms with Crippen LogP contribution in [0, 0.1) is 5.92 Å². The van der Waals surface area contributed by atoms with Crippen molar-refractivity contribution in [2.45, 2.75) is 43.7 Å². The molecule has 1 N–H and O–H groups in total. The number of carbonyl (C=O) groups excluding carboxylic acids is 1. The third kappa shape index (κ3) is 3.78. The molecule has 2 aliphatic heterocycles. The van der Waals surface area contributed by atoms with Crippen LogP contribution in [-0.4, -0.2) is 72.9 Å². The third-order valence-electron chi connectivity index (χ3n) is 6.83. The van der Waals surface area contributed by atoms with Gasteiger partial charge in [0, 0.05) is 37.2 Å². The molecule has 0 spiro atoms. The molecule has 1 saturated carbocycles. The second-order valence-corrected chi connectivity index (χ2v) is 8.36. The van der Waals surface area contributed by atoms with Crippen molar-refractivity contribution in [1.29, 1.82) is 0 Å². The number of aliphatic hydroxyl groups is 1. The summed E-state index contributed by atoms with van der Waals surface area (Å²) in [5.41, 5.74) is 0.451. The van der Waals surface area contributed by atoms with Crippen LogP contribution >= 0.6 is 0 Å². The van der Waals surface area contributed by atoms with Gasteiger partial charge in [0.1, 0.15) is 5.75 Å². The fourth-order valence-electron chi connectivity index (χ4n) is 5.33. The van der Waals surface area contributed by atoms with Gasteiger partial charge in [-0.3, -0.25) is 9.69 Å². The predicted octanol–water partition coefficient (Wildman–Crippen LogP) is 2.22. The molecule has 3 aliphatic rings. The van der Waals surface area contributed by atoms with Gasteiger partial charge in [-0.15, -0.1) is 0 Å². The summed E-state index contributed by atoms with van der Waals surface area (Å²) in [7, 11) is 1.69. The van der Waals surface area contributed by atoms with Crippen LogP contribution < -0.4 is 4.74 Å². The summed E-state index contributed by atoms with van der Waals surface area (Å²) in [4.78, 5) is 17.2. The second kappa shape index (κ2) is 8.39. The average Bonchev–Trinajstić information content (AvgIpc) is 2.74. The van der Waals surface area contributed by atoms with Crippen molar-refractivity contribution >= 4 is 5.91 Å². The Labute approximate surface area is 167 Å². The van der Waals surface area contributed by atoms with Gasteiger partial charge in [-0.2, -0.15) is 0 Å². The van der Waals surface area contributed by atoms with E-state index in [4.69, 9.17) is 9.47 Å². The summed E-state index contributed by atoms with van der Waals surface area (Å²) in [6, 6.07) is 8.07. The predicted molar refractivity (Wildman–Crippen MR) is 106 cm³/mol. The van der Waals surface area contributed by atoms with E-state index in [1.165, 1.54) is 0 Å². The molecule has 1 aliphatic carbocycles. The van der Waals surface area contributed by atoms with Gasteiger partial charge in [0.25, 0.3) is 0 Å². The summed E-state index contributed by atoms with van der Waals surface area (Å²) in [6.45, 7) is 3.67. The van der Waals surface area contributed by atoms with Gasteiger partial charge in [0.05, 0.1) is 32.5 Å². The van der Waals surface area contributed by atoms with Crippen molar-refractivity contribution in [3.05, 3.63) is 29.8 Å². The monoisotopic (exact) mass is 388 g/mol. The molecule has 28 heavy (non-hydrogen) atoms. The minimum absolute atomic E-state index is 0.000176. The second-order valence-electron chi connectivity index (χ2n) is 8.36. The largest absolute Gasteiger partial charge is 0.496 e. The minimum atomic E-state index is -0.637. The fourth-order valence-corrected chi connectivity index (χ4v) is 5.33. The topological polar surface area (TPSA) is 62.2 Å². The quantitative estimate of drug-likeness (QED) is 0.857. The lowest BCUT2D eigenvalue weighted by Crippen LogP contribution is -2.57. The van der Waals surface area contributed by atoms with Crippen molar-refractivity contribution in [2.75, 3.05) is 46.5 Å². The maximum Gasteiger partial charge on any atom is 0.236 e. The first-order valence-electron chi connectivity index (χ1n) is 10.6. The average molecular weight is 389 g/mol. The Morgan fingerprint density at radius 3 is 2.79 bits per heavy atom. The molecule has 1 amide bonds. The highest BCUT2D eigenvalue weighted by Crippen LogP contribution is 2.50. The summed E-state index contributed by atoms with van der Waals surface area (Å²) >= 11 is 0. The zero-order valence-corrected chi connectivity index (χ0v) is 16.8. The van der Waals surface area contributed by atoms with E-state index in [0.29, 0.717) is 32.8 Å². The Bertz CT molecular complexity index is 691. The normalized spacial score (nSPS) is 31.3. The van der Waals surface area contributed by atoms with Gasteiger partial charge in [-0.1, -0.05) is 31.0 Å². The Morgan fingerprint density at radius 2 is 2.00 bits per heavy atom. The van der Waals surface area contributed by atoms with Crippen molar-refractivity contribution in [3.8, 4) is 5.75 Å². The number of fused-ring (bicyclic) bond motifs is 1. The molecule has 3 atom stereocenters. The van der Waals surface area contributed by atoms with Gasteiger partial charge in [-0.25, -0.2) is 0 Å². The van der Waals surface area contributed by atoms with Crippen LogP contribution in [0.3, 0.4) is 0 Å². The number of benzene rings is 1. The van der Waals surface area contributed by atoms with Gasteiger partial charge in [0.2, 0.25) is 5.91 Å². The molecular formula is C22H32N2O4. The van der Waals surface area contributed by atoms with Gasteiger partial charge in [-0.05, 0) is 25.3 Å². The Balaban J connectivity index is 1.63. The van der Waals surface area contributed by atoms with Crippen molar-refractivity contribution in [3.63, 3.8) is 0 Å². The molecular weight excluding hydrogens is 356 g/mol. The lowest BCUT2D eigenvalue weighted by molar-refractivity contribution is -0.147. The number of amides is 1. The summed E-state index contributed by atoms with van der Waals surface area (Å²) in [5.74, 6) is 1.12. The summed E-state index contributed by atoms with van der Waals surface area (Å²) in [5, 5.41) is 11.4. The van der Waals surface area contributed by atoms with Gasteiger partial charge in [0.15, 0.2) is 0 Å². The van der Waals surface area contributed by atoms with E-state index in [9.17, 15) is 9.90 Å². The molecule has 0 aromatic heterocycles. The third-order valence-corrected chi connectivity index (χ3v) is 6.83. The molecule has 1 aromatic rings. The zero-order valence-electron chi connectivity index (χ0n) is 16.8. The lowest BCUT2D eigenvalue weighted by atomic mass is 9.66. The van der Waals surface area contributed by atoms with Crippen LogP contribution in [0.1, 0.15) is 43.7 Å². The highest BCUT2D eigenvalue weighted by Gasteiger charge is 2.50. The van der Waals surface area contributed by atoms with E-state index >= 15 is 0 Å². The van der Waals surface area contributed by atoms with Crippen molar-refractivity contribution < 1.29 is 19.4 Å². The maximum absolute atomic E-state index is 13.0. The van der Waals surface area contributed by atoms with E-state index in [-0.39, 0.29) is 17.9 Å². The van der Waals surface area contributed by atoms with Crippen LogP contribution in [0.15, 0.2) is 24.3 Å². The van der Waals surface area contributed by atoms with E-state index in [1.54, 1.807) is 7.11 Å². The molecule has 0 unspecified atom stereocenters. The maximum atomic E-state index is 13.0. The number of carbonyl (C=O) groups is 1. The Morgan fingerprint density at radius 1 is 1.21 bits per heavy atom. The summed E-state index contributed by atoms with van der Waals surface area (Å²) in [6.07, 6.45) is 4.79. The first-order valence-corrected chi connectivity index (χ1v) is 10.6. The minimum Gasteiger partial charge on any atom is -0.496 e. The number of hydrogen-bond acceptors (Lipinski definition) is 5. The smallest absolute Gasteiger partial charge is 0.236 e. The molecule has 4 rings (SSSR count). The fraction of sp³-hybridized carbons (Fsp3) is 0.682. The lowest BCUT2D eigenvalue weighted by Gasteiger charge is -2.53. The van der Waals surface area contributed by atoms with Gasteiger partial charge >= 0.3 is 0 Å². The van der Waals surface area contributed by atoms with E-state index in [1.807, 2.05) is 23.1 Å². The van der Waals surface area contributed by atoms with Crippen molar-refractivity contribution in [2.24, 2.45) is 5.92 Å². The zero-order chi connectivity index (χ0) is 19.6. The van der Waals surface area contributed by atoms with E-state index < -0.39 is 5.60 Å². The summed E-state index contributed by atoms with van der Waals surface area (Å²) < 4.78 is 11.0. The SMILES string of the molecule is COc1ccccc1[C@@H]1[C@@H]2CCCC[C@]2(O)CCN1CC(=O)N1CCOCC1. The first-order chi connectivity index (χ1) is 13.6. The van der Waals surface area contributed by atoms with Crippen molar-refractivity contribution in [1.82, 2.24) is 9.80 Å². The number of piperidine rings is 1. The molecule has 6 heteroatoms. The molecule has 154 valence electrons. The molecule has 2 saturated heterocycles. The molecule has 0 radical (unpaired) electrons. The number of ether oxygens (including phenoxy) is 2. The van der Waals surface area contributed by atoms with Crippen LogP contribution in [0.5, 0.6) is 5.75 Å². The van der Waals surface area contributed by atoms with Crippen LogP contribution in [0.4, 0.5) is 0 Å². The van der Waals surface area contributed by atoms with Crippen LogP contribution in [-0.2, 0) is 9.53 Å². The number of methoxy groups -OCH3 is 1. The Hall–Kier alpha value is -1.63. The van der Waals surface area contributed by atoms with Crippen LogP contribution in [0.2, 0.25) is 0 Å². The molecule has 6 nitrogen and oxygen atoms in total. The molecule has 2 heterocycles. The highest BCUT2D eigenvalue weighted by molar-refractivity contribution is 5.78. The van der Waals surface area contributed by atoms with E-state index in [0.717, 1.165) is 50.0 Å². The number of morpholine rings is 1. The molecule has 0 bridgehead atoms. The number of nitrogens with zero attached hydrogens (tertiary/aromatic N) is 2. The highest BCUT2D eigenvalue weighted by atomic mass is 16.5. The van der Waals surface area contributed by atoms with Gasteiger partial charge < -0.3 is 19.5 Å². The van der Waals surface area contributed by atoms with E-state index in [2.05, 4.69) is 11.0 Å².